The molecule has 3 aromatic carbocycles. The molecule has 5 rings (SSSR count). The number of aromatic nitrogens is 1. The van der Waals surface area contributed by atoms with E-state index in [2.05, 4.69) is 29.7 Å². The van der Waals surface area contributed by atoms with Crippen molar-refractivity contribution in [3.63, 3.8) is 0 Å². The summed E-state index contributed by atoms with van der Waals surface area (Å²) in [6.07, 6.45) is 3.83. The number of hydrogen-bond acceptors (Lipinski definition) is 3. The van der Waals surface area contributed by atoms with E-state index in [0.717, 1.165) is 34.5 Å². The number of Topliss-reactive ketones (excluding diaryl/α,β-unsaturated/α-hetero) is 1. The van der Waals surface area contributed by atoms with Gasteiger partial charge in [-0.1, -0.05) is 60.3 Å². The van der Waals surface area contributed by atoms with E-state index in [9.17, 15) is 9.90 Å². The molecule has 0 spiro atoms. The molecule has 5 heteroatoms. The highest BCUT2D eigenvalue weighted by atomic mass is 16.5. The Balaban J connectivity index is 1.46. The number of quaternary nitrogens is 1. The number of nitrogens with one attached hydrogen (secondary N) is 1. The molecule has 1 aliphatic rings. The first-order valence-corrected chi connectivity index (χ1v) is 11.3. The number of ether oxygens (including phenoxy) is 1. The third-order valence-electron chi connectivity index (χ3n) is 6.17. The lowest BCUT2D eigenvalue weighted by Gasteiger charge is -2.20. The second-order valence-electron chi connectivity index (χ2n) is 8.54. The van der Waals surface area contributed by atoms with Crippen molar-refractivity contribution in [3.05, 3.63) is 101 Å². The third-order valence-corrected chi connectivity index (χ3v) is 6.17. The maximum absolute atomic E-state index is 13.1. The van der Waals surface area contributed by atoms with E-state index in [1.807, 2.05) is 49.6 Å². The lowest BCUT2D eigenvalue weighted by molar-refractivity contribution is -0.907. The Bertz CT molecular complexity index is 1370. The minimum absolute atomic E-state index is 0.0993. The molecule has 0 saturated heterocycles. The van der Waals surface area contributed by atoms with E-state index in [1.54, 1.807) is 12.1 Å². The quantitative estimate of drug-likeness (QED) is 0.468. The van der Waals surface area contributed by atoms with Gasteiger partial charge in [-0.25, -0.2) is 0 Å². The summed E-state index contributed by atoms with van der Waals surface area (Å²) in [6, 6.07) is 21.3. The highest BCUT2D eigenvalue weighted by molar-refractivity contribution is 6.15. The van der Waals surface area contributed by atoms with E-state index in [0.29, 0.717) is 23.4 Å². The van der Waals surface area contributed by atoms with Crippen LogP contribution >= 0.6 is 0 Å². The number of aryl methyl sites for hydroxylation is 1. The number of hydrogen-bond donors (Lipinski definition) is 1. The molecule has 1 aliphatic heterocycles. The van der Waals surface area contributed by atoms with Crippen LogP contribution in [0, 0.1) is 0 Å². The summed E-state index contributed by atoms with van der Waals surface area (Å²) in [7, 11) is 2.04. The molecule has 0 saturated carbocycles. The average molecular weight is 439 g/mol. The first-order chi connectivity index (χ1) is 16.0. The topological polar surface area (TPSA) is 58.7 Å². The molecular weight excluding hydrogens is 412 g/mol. The minimum Gasteiger partial charge on any atom is -0.872 e. The molecule has 1 N–H and O–H groups in total. The summed E-state index contributed by atoms with van der Waals surface area (Å²) in [5.41, 5.74) is 4.25. The zero-order valence-corrected chi connectivity index (χ0v) is 18.8. The third kappa shape index (κ3) is 3.92. The van der Waals surface area contributed by atoms with Gasteiger partial charge in [-0.3, -0.25) is 4.79 Å². The fraction of sp³-hybridized carbons (Fsp3) is 0.179. The summed E-state index contributed by atoms with van der Waals surface area (Å²) in [5.74, 6) is 0.389. The molecule has 33 heavy (non-hydrogen) atoms. The van der Waals surface area contributed by atoms with E-state index >= 15 is 0 Å². The molecule has 0 radical (unpaired) electrons. The number of allylic oxidation sites excluding steroid dienone is 1. The standard InChI is InChI=1S/C28H26N2O3/c1-3-30-17-20(21-11-7-8-12-24(21)30)15-26-27(32)22-13-14-25(31)23(28(22)33-26)18-29(2)16-19-9-5-4-6-10-19/h4-15,17,31H,3,16,18H2,1-2H3/b26-15-. The van der Waals surface area contributed by atoms with Gasteiger partial charge in [0.1, 0.15) is 18.8 Å². The first-order valence-electron chi connectivity index (χ1n) is 11.3. The van der Waals surface area contributed by atoms with Crippen molar-refractivity contribution in [1.82, 2.24) is 4.57 Å². The number of carbonyl (C=O) groups is 1. The minimum atomic E-state index is -0.180. The van der Waals surface area contributed by atoms with Gasteiger partial charge in [0.2, 0.25) is 5.78 Å². The Hall–Kier alpha value is -3.83. The predicted octanol–water partition coefficient (Wildman–Crippen LogP) is 3.57. The van der Waals surface area contributed by atoms with Gasteiger partial charge in [0.25, 0.3) is 0 Å². The van der Waals surface area contributed by atoms with Crippen molar-refractivity contribution in [2.45, 2.75) is 26.6 Å². The molecule has 166 valence electrons. The number of carbonyl (C=O) groups excluding carboxylic acids is 1. The van der Waals surface area contributed by atoms with Crippen LogP contribution in [0.5, 0.6) is 11.5 Å². The van der Waals surface area contributed by atoms with Gasteiger partial charge in [-0.15, -0.1) is 0 Å². The Morgan fingerprint density at radius 3 is 2.55 bits per heavy atom. The highest BCUT2D eigenvalue weighted by Crippen LogP contribution is 2.38. The lowest BCUT2D eigenvalue weighted by atomic mass is 10.0. The van der Waals surface area contributed by atoms with E-state index < -0.39 is 0 Å². The van der Waals surface area contributed by atoms with Crippen LogP contribution in [0.15, 0.2) is 78.7 Å². The molecule has 0 bridgehead atoms. The van der Waals surface area contributed by atoms with Crippen molar-refractivity contribution in [3.8, 4) is 11.5 Å². The molecule has 1 unspecified atom stereocenters. The van der Waals surface area contributed by atoms with Gasteiger partial charge in [-0.05, 0) is 25.1 Å². The maximum atomic E-state index is 13.1. The van der Waals surface area contributed by atoms with Gasteiger partial charge < -0.3 is 19.3 Å². The van der Waals surface area contributed by atoms with Crippen LogP contribution in [0.3, 0.4) is 0 Å². The van der Waals surface area contributed by atoms with Gasteiger partial charge in [0.05, 0.1) is 12.6 Å². The molecule has 5 nitrogen and oxygen atoms in total. The summed E-state index contributed by atoms with van der Waals surface area (Å²) < 4.78 is 8.22. The number of ketones is 1. The number of para-hydroxylation sites is 1. The molecule has 0 amide bonds. The number of benzene rings is 3. The van der Waals surface area contributed by atoms with Crippen LogP contribution in [-0.4, -0.2) is 17.4 Å². The SMILES string of the molecule is CCn1cc(/C=C2\Oc3c(ccc([O-])c3C[NH+](C)Cc3ccccc3)C2=O)c2ccccc21. The summed E-state index contributed by atoms with van der Waals surface area (Å²) in [5, 5.41) is 13.8. The fourth-order valence-electron chi connectivity index (χ4n) is 4.56. The van der Waals surface area contributed by atoms with Gasteiger partial charge in [-0.2, -0.15) is 0 Å². The lowest BCUT2D eigenvalue weighted by Crippen LogP contribution is -3.06. The number of nitrogens with zero attached hydrogens (tertiary/aromatic N) is 1. The number of rotatable bonds is 6. The average Bonchev–Trinajstić information content (AvgIpc) is 3.34. The van der Waals surface area contributed by atoms with Crippen molar-refractivity contribution < 1.29 is 19.5 Å². The van der Waals surface area contributed by atoms with Crippen LogP contribution in [0.4, 0.5) is 0 Å². The summed E-state index contributed by atoms with van der Waals surface area (Å²) in [6.45, 7) is 4.18. The van der Waals surface area contributed by atoms with Crippen molar-refractivity contribution in [1.29, 1.82) is 0 Å². The monoisotopic (exact) mass is 438 g/mol. The zero-order valence-electron chi connectivity index (χ0n) is 18.8. The molecule has 1 atom stereocenters. The van der Waals surface area contributed by atoms with E-state index in [1.165, 1.54) is 11.6 Å². The van der Waals surface area contributed by atoms with Crippen LogP contribution in [0.2, 0.25) is 0 Å². The number of fused-ring (bicyclic) bond motifs is 2. The predicted molar refractivity (Wildman–Crippen MR) is 127 cm³/mol. The van der Waals surface area contributed by atoms with Crippen molar-refractivity contribution >= 4 is 22.8 Å². The van der Waals surface area contributed by atoms with Crippen LogP contribution in [0.25, 0.3) is 17.0 Å². The largest absolute Gasteiger partial charge is 0.872 e. The molecule has 4 aromatic rings. The maximum Gasteiger partial charge on any atom is 0.231 e. The van der Waals surface area contributed by atoms with Crippen molar-refractivity contribution in [2.75, 3.05) is 7.05 Å². The Morgan fingerprint density at radius 1 is 1.00 bits per heavy atom. The van der Waals surface area contributed by atoms with Gasteiger partial charge in [0.15, 0.2) is 5.76 Å². The van der Waals surface area contributed by atoms with E-state index in [4.69, 9.17) is 4.74 Å². The fourth-order valence-corrected chi connectivity index (χ4v) is 4.56. The Kier molecular flexibility index (Phi) is 5.48. The molecule has 0 aliphatic carbocycles. The smallest absolute Gasteiger partial charge is 0.231 e. The van der Waals surface area contributed by atoms with Gasteiger partial charge in [0, 0.05) is 40.3 Å². The van der Waals surface area contributed by atoms with Crippen LogP contribution in [0.1, 0.15) is 34.0 Å². The highest BCUT2D eigenvalue weighted by Gasteiger charge is 2.31. The normalized spacial score (nSPS) is 15.1. The molecule has 1 aromatic heterocycles. The van der Waals surface area contributed by atoms with Crippen LogP contribution < -0.4 is 14.7 Å². The first kappa shape index (κ1) is 21.0. The van der Waals surface area contributed by atoms with Crippen LogP contribution in [-0.2, 0) is 19.6 Å². The zero-order chi connectivity index (χ0) is 22.9. The van der Waals surface area contributed by atoms with E-state index in [-0.39, 0.29) is 17.3 Å². The molecule has 0 fully saturated rings. The summed E-state index contributed by atoms with van der Waals surface area (Å²) in [4.78, 5) is 14.3. The summed E-state index contributed by atoms with van der Waals surface area (Å²) >= 11 is 0. The second-order valence-corrected chi connectivity index (χ2v) is 8.54. The second kappa shape index (κ2) is 8.60. The van der Waals surface area contributed by atoms with Gasteiger partial charge >= 0.3 is 0 Å². The van der Waals surface area contributed by atoms with Crippen molar-refractivity contribution in [2.24, 2.45) is 0 Å². The molecular formula is C28H26N2O3. The molecule has 2 heterocycles. The Morgan fingerprint density at radius 2 is 1.76 bits per heavy atom. The Labute approximate surface area is 193 Å².